The van der Waals surface area contributed by atoms with E-state index in [9.17, 15) is 9.59 Å². The summed E-state index contributed by atoms with van der Waals surface area (Å²) in [6.07, 6.45) is 1.28. The molecule has 1 aliphatic heterocycles. The third-order valence-corrected chi connectivity index (χ3v) is 3.86. The third kappa shape index (κ3) is 6.01. The molecule has 1 heterocycles. The Morgan fingerprint density at radius 3 is 2.86 bits per heavy atom. The summed E-state index contributed by atoms with van der Waals surface area (Å²) in [7, 11) is 3.36. The molecule has 6 nitrogen and oxygen atoms in total. The van der Waals surface area contributed by atoms with Gasteiger partial charge in [-0.1, -0.05) is 13.8 Å². The van der Waals surface area contributed by atoms with Gasteiger partial charge >= 0.3 is 0 Å². The molecular formula is C15H29N3O3. The number of hydrogen-bond acceptors (Lipinski definition) is 4. The van der Waals surface area contributed by atoms with E-state index in [4.69, 9.17) is 4.74 Å². The minimum atomic E-state index is -0.338. The summed E-state index contributed by atoms with van der Waals surface area (Å²) in [6, 6.07) is -0.338. The first-order chi connectivity index (χ1) is 9.95. The Kier molecular flexibility index (Phi) is 7.67. The maximum absolute atomic E-state index is 12.2. The van der Waals surface area contributed by atoms with Crippen LogP contribution in [-0.4, -0.2) is 74.6 Å². The molecule has 0 unspecified atom stereocenters. The summed E-state index contributed by atoms with van der Waals surface area (Å²) >= 11 is 0. The van der Waals surface area contributed by atoms with Crippen molar-refractivity contribution < 1.29 is 14.3 Å². The molecular weight excluding hydrogens is 270 g/mol. The minimum Gasteiger partial charge on any atom is -0.383 e. The molecule has 21 heavy (non-hydrogen) atoms. The van der Waals surface area contributed by atoms with Gasteiger partial charge in [0.2, 0.25) is 11.8 Å². The first kappa shape index (κ1) is 17.9. The van der Waals surface area contributed by atoms with Gasteiger partial charge in [-0.15, -0.1) is 0 Å². The van der Waals surface area contributed by atoms with Crippen LogP contribution in [-0.2, 0) is 14.3 Å². The van der Waals surface area contributed by atoms with E-state index in [0.717, 1.165) is 19.5 Å². The molecule has 0 aliphatic carbocycles. The fraction of sp³-hybridized carbons (Fsp3) is 0.867. The summed E-state index contributed by atoms with van der Waals surface area (Å²) in [5.41, 5.74) is 0. The second-order valence-corrected chi connectivity index (χ2v) is 6.04. The van der Waals surface area contributed by atoms with Crippen LogP contribution in [0.5, 0.6) is 0 Å². The van der Waals surface area contributed by atoms with Crippen molar-refractivity contribution in [3.63, 3.8) is 0 Å². The van der Waals surface area contributed by atoms with Crippen LogP contribution in [0.3, 0.4) is 0 Å². The van der Waals surface area contributed by atoms with Crippen LogP contribution in [0.2, 0.25) is 0 Å². The lowest BCUT2D eigenvalue weighted by Crippen LogP contribution is -2.56. The number of carbonyl (C=O) groups is 2. The van der Waals surface area contributed by atoms with Gasteiger partial charge < -0.3 is 15.0 Å². The van der Waals surface area contributed by atoms with Crippen LogP contribution < -0.4 is 5.32 Å². The molecule has 0 spiro atoms. The lowest BCUT2D eigenvalue weighted by molar-refractivity contribution is -0.138. The Morgan fingerprint density at radius 1 is 1.52 bits per heavy atom. The Morgan fingerprint density at radius 2 is 2.24 bits per heavy atom. The molecule has 122 valence electrons. The van der Waals surface area contributed by atoms with E-state index < -0.39 is 0 Å². The maximum atomic E-state index is 12.2. The maximum Gasteiger partial charge on any atom is 0.237 e. The van der Waals surface area contributed by atoms with E-state index in [0.29, 0.717) is 25.6 Å². The molecule has 2 amide bonds. The zero-order valence-corrected chi connectivity index (χ0v) is 13.7. The highest BCUT2D eigenvalue weighted by atomic mass is 16.5. The van der Waals surface area contributed by atoms with Crippen LogP contribution >= 0.6 is 0 Å². The van der Waals surface area contributed by atoms with E-state index in [-0.39, 0.29) is 24.3 Å². The predicted molar refractivity (Wildman–Crippen MR) is 82.0 cm³/mol. The number of ether oxygens (including phenoxy) is 1. The lowest BCUT2D eigenvalue weighted by Gasteiger charge is -2.35. The van der Waals surface area contributed by atoms with Crippen LogP contribution in [0.25, 0.3) is 0 Å². The molecule has 1 rings (SSSR count). The largest absolute Gasteiger partial charge is 0.383 e. The molecule has 1 saturated heterocycles. The molecule has 0 saturated carbocycles. The highest BCUT2D eigenvalue weighted by molar-refractivity contribution is 5.88. The molecule has 0 aromatic rings. The number of likely N-dealkylation sites (N-methyl/N-ethyl adjacent to an activating group) is 1. The molecule has 6 heteroatoms. The van der Waals surface area contributed by atoms with Crippen molar-refractivity contribution in [1.29, 1.82) is 0 Å². The standard InChI is InChI=1S/C15H29N3O3/c1-12(2)5-7-18-8-6-16-15(20)13(18)11-14(19)17(3)9-10-21-4/h12-13H,5-11H2,1-4H3,(H,16,20)/t13-/m0/s1. The zero-order chi connectivity index (χ0) is 15.8. The summed E-state index contributed by atoms with van der Waals surface area (Å²) in [5.74, 6) is 0.554. The van der Waals surface area contributed by atoms with Gasteiger partial charge in [0.15, 0.2) is 0 Å². The van der Waals surface area contributed by atoms with Gasteiger partial charge in [-0.2, -0.15) is 0 Å². The average Bonchev–Trinajstić information content (AvgIpc) is 2.45. The van der Waals surface area contributed by atoms with Gasteiger partial charge in [0.05, 0.1) is 19.1 Å². The summed E-state index contributed by atoms with van der Waals surface area (Å²) in [4.78, 5) is 28.1. The minimum absolute atomic E-state index is 0.0105. The van der Waals surface area contributed by atoms with E-state index in [1.165, 1.54) is 0 Å². The summed E-state index contributed by atoms with van der Waals surface area (Å²) in [6.45, 7) is 7.75. The molecule has 0 aromatic carbocycles. The molecule has 0 radical (unpaired) electrons. The van der Waals surface area contributed by atoms with Crippen molar-refractivity contribution in [3.05, 3.63) is 0 Å². The number of hydrogen-bond donors (Lipinski definition) is 1. The Bertz CT molecular complexity index is 347. The van der Waals surface area contributed by atoms with Gasteiger partial charge in [0.1, 0.15) is 0 Å². The Hall–Kier alpha value is -1.14. The van der Waals surface area contributed by atoms with E-state index in [1.54, 1.807) is 19.1 Å². The van der Waals surface area contributed by atoms with Gasteiger partial charge in [-0.3, -0.25) is 14.5 Å². The second-order valence-electron chi connectivity index (χ2n) is 6.04. The van der Waals surface area contributed by atoms with Crippen molar-refractivity contribution >= 4 is 11.8 Å². The fourth-order valence-corrected chi connectivity index (χ4v) is 2.35. The van der Waals surface area contributed by atoms with Gasteiger partial charge in [-0.05, 0) is 18.9 Å². The normalized spacial score (nSPS) is 19.7. The van der Waals surface area contributed by atoms with Crippen molar-refractivity contribution in [1.82, 2.24) is 15.1 Å². The summed E-state index contributed by atoms with van der Waals surface area (Å²) < 4.78 is 4.98. The smallest absolute Gasteiger partial charge is 0.237 e. The van der Waals surface area contributed by atoms with E-state index in [1.807, 2.05) is 0 Å². The number of piperazine rings is 1. The van der Waals surface area contributed by atoms with Crippen LogP contribution in [0.15, 0.2) is 0 Å². The molecule has 0 bridgehead atoms. The number of carbonyl (C=O) groups excluding carboxylic acids is 2. The second kappa shape index (κ2) is 9.00. The number of methoxy groups -OCH3 is 1. The van der Waals surface area contributed by atoms with Crippen molar-refractivity contribution in [2.75, 3.05) is 46.9 Å². The molecule has 1 fully saturated rings. The van der Waals surface area contributed by atoms with Crippen LogP contribution in [0, 0.1) is 5.92 Å². The van der Waals surface area contributed by atoms with Crippen LogP contribution in [0.1, 0.15) is 26.7 Å². The fourth-order valence-electron chi connectivity index (χ4n) is 2.35. The van der Waals surface area contributed by atoms with Gasteiger partial charge in [-0.25, -0.2) is 0 Å². The Labute approximate surface area is 127 Å². The third-order valence-electron chi connectivity index (χ3n) is 3.86. The number of rotatable bonds is 8. The lowest BCUT2D eigenvalue weighted by atomic mass is 10.1. The SMILES string of the molecule is COCCN(C)C(=O)C[C@H]1C(=O)NCCN1CCC(C)C. The molecule has 1 aliphatic rings. The average molecular weight is 299 g/mol. The molecule has 0 aromatic heterocycles. The van der Waals surface area contributed by atoms with Crippen molar-refractivity contribution in [3.8, 4) is 0 Å². The van der Waals surface area contributed by atoms with Crippen molar-refractivity contribution in [2.45, 2.75) is 32.7 Å². The first-order valence-electron chi connectivity index (χ1n) is 7.70. The summed E-state index contributed by atoms with van der Waals surface area (Å²) in [5, 5.41) is 2.86. The van der Waals surface area contributed by atoms with Gasteiger partial charge in [0.25, 0.3) is 0 Å². The number of nitrogens with one attached hydrogen (secondary N) is 1. The topological polar surface area (TPSA) is 61.9 Å². The van der Waals surface area contributed by atoms with E-state index >= 15 is 0 Å². The number of nitrogens with zero attached hydrogens (tertiary/aromatic N) is 2. The van der Waals surface area contributed by atoms with Crippen LogP contribution in [0.4, 0.5) is 0 Å². The first-order valence-corrected chi connectivity index (χ1v) is 7.70. The molecule has 1 N–H and O–H groups in total. The van der Waals surface area contributed by atoms with Gasteiger partial charge in [0, 0.05) is 33.8 Å². The quantitative estimate of drug-likeness (QED) is 0.701. The molecule has 1 atom stereocenters. The number of amides is 2. The Balaban J connectivity index is 2.57. The van der Waals surface area contributed by atoms with Crippen molar-refractivity contribution in [2.24, 2.45) is 5.92 Å². The highest BCUT2D eigenvalue weighted by Gasteiger charge is 2.32. The highest BCUT2D eigenvalue weighted by Crippen LogP contribution is 2.13. The monoisotopic (exact) mass is 299 g/mol. The zero-order valence-electron chi connectivity index (χ0n) is 13.7. The van der Waals surface area contributed by atoms with E-state index in [2.05, 4.69) is 24.1 Å². The predicted octanol–water partition coefficient (Wildman–Crippen LogP) is 0.328.